The molecule has 3 aromatic heterocycles. The van der Waals surface area contributed by atoms with Crippen molar-refractivity contribution in [2.24, 2.45) is 7.05 Å². The molecule has 0 spiro atoms. The third-order valence-corrected chi connectivity index (χ3v) is 6.98. The van der Waals surface area contributed by atoms with Crippen molar-refractivity contribution >= 4 is 23.1 Å². The van der Waals surface area contributed by atoms with Crippen LogP contribution in [-0.4, -0.2) is 66.8 Å². The highest BCUT2D eigenvalue weighted by Crippen LogP contribution is 2.38. The van der Waals surface area contributed by atoms with Gasteiger partial charge in [-0.25, -0.2) is 9.97 Å². The van der Waals surface area contributed by atoms with Crippen LogP contribution in [0.25, 0.3) is 11.3 Å². The Balaban J connectivity index is 1.17. The van der Waals surface area contributed by atoms with Gasteiger partial charge in [-0.2, -0.15) is 5.10 Å². The van der Waals surface area contributed by atoms with Crippen molar-refractivity contribution in [3.05, 3.63) is 60.7 Å². The van der Waals surface area contributed by atoms with Gasteiger partial charge >= 0.3 is 0 Å². The molecular formula is C27H28N10O. The summed E-state index contributed by atoms with van der Waals surface area (Å²) in [5.74, 6) is 8.87. The average Bonchev–Trinajstić information content (AvgIpc) is 3.46. The van der Waals surface area contributed by atoms with Crippen molar-refractivity contribution in [3.8, 4) is 28.8 Å². The molecule has 0 saturated carbocycles. The topological polar surface area (TPSA) is 134 Å². The first-order chi connectivity index (χ1) is 18.5. The van der Waals surface area contributed by atoms with Crippen molar-refractivity contribution in [3.63, 3.8) is 0 Å². The Morgan fingerprint density at radius 1 is 1.11 bits per heavy atom. The zero-order valence-corrected chi connectivity index (χ0v) is 21.0. The van der Waals surface area contributed by atoms with E-state index in [2.05, 4.69) is 47.2 Å². The highest BCUT2D eigenvalue weighted by Gasteiger charge is 2.41. The highest BCUT2D eigenvalue weighted by atomic mass is 16.3. The molecule has 6 rings (SSSR count). The minimum atomic E-state index is 0.164. The predicted molar refractivity (Wildman–Crippen MR) is 146 cm³/mol. The first-order valence-electron chi connectivity index (χ1n) is 12.6. The van der Waals surface area contributed by atoms with E-state index in [1.54, 1.807) is 23.0 Å². The fourth-order valence-corrected chi connectivity index (χ4v) is 5.26. The summed E-state index contributed by atoms with van der Waals surface area (Å²) >= 11 is 0. The van der Waals surface area contributed by atoms with E-state index >= 15 is 0 Å². The van der Waals surface area contributed by atoms with E-state index in [1.165, 1.54) is 0 Å². The number of aryl methyl sites for hydroxylation is 1. The van der Waals surface area contributed by atoms with Crippen LogP contribution in [0.2, 0.25) is 0 Å². The van der Waals surface area contributed by atoms with E-state index in [1.807, 2.05) is 43.6 Å². The second-order valence-electron chi connectivity index (χ2n) is 9.48. The number of nitrogens with two attached hydrogens (primary N) is 1. The van der Waals surface area contributed by atoms with Crippen molar-refractivity contribution in [2.75, 3.05) is 40.5 Å². The van der Waals surface area contributed by atoms with Gasteiger partial charge in [0.2, 0.25) is 5.82 Å². The van der Waals surface area contributed by atoms with E-state index in [0.29, 0.717) is 29.4 Å². The fraction of sp³-hybridized carbons (Fsp3) is 0.296. The Morgan fingerprint density at radius 2 is 1.92 bits per heavy atom. The van der Waals surface area contributed by atoms with Gasteiger partial charge in [-0.15, -0.1) is 10.2 Å². The Kier molecular flexibility index (Phi) is 6.13. The number of hydrogen-bond donors (Lipinski definition) is 3. The Hall–Kier alpha value is -4.85. The molecule has 2 unspecified atom stereocenters. The molecule has 0 radical (unpaired) electrons. The summed E-state index contributed by atoms with van der Waals surface area (Å²) in [6.45, 7) is 2.02. The molecule has 2 aliphatic rings. The van der Waals surface area contributed by atoms with Crippen LogP contribution >= 0.6 is 0 Å². The first-order valence-corrected chi connectivity index (χ1v) is 12.6. The van der Waals surface area contributed by atoms with Gasteiger partial charge in [0, 0.05) is 56.2 Å². The van der Waals surface area contributed by atoms with E-state index in [-0.39, 0.29) is 17.8 Å². The van der Waals surface area contributed by atoms with Gasteiger partial charge in [0.05, 0.1) is 17.9 Å². The lowest BCUT2D eigenvalue weighted by atomic mass is 10.1. The van der Waals surface area contributed by atoms with Crippen molar-refractivity contribution in [1.82, 2.24) is 29.9 Å². The molecule has 2 atom stereocenters. The van der Waals surface area contributed by atoms with Crippen molar-refractivity contribution in [2.45, 2.75) is 24.9 Å². The molecule has 2 fully saturated rings. The number of benzene rings is 1. The van der Waals surface area contributed by atoms with Gasteiger partial charge in [0.25, 0.3) is 0 Å². The summed E-state index contributed by atoms with van der Waals surface area (Å²) in [6, 6.07) is 13.4. The number of aromatic hydroxyl groups is 1. The normalized spacial score (nSPS) is 18.2. The lowest BCUT2D eigenvalue weighted by molar-refractivity contribution is 0.477. The molecule has 0 amide bonds. The molecule has 0 aliphatic carbocycles. The molecular weight excluding hydrogens is 480 g/mol. The maximum Gasteiger partial charge on any atom is 0.206 e. The third kappa shape index (κ3) is 4.64. The highest BCUT2D eigenvalue weighted by molar-refractivity contribution is 5.74. The number of aromatic nitrogens is 6. The van der Waals surface area contributed by atoms with Crippen LogP contribution in [0.4, 0.5) is 23.1 Å². The molecule has 2 aliphatic heterocycles. The zero-order valence-electron chi connectivity index (χ0n) is 21.0. The number of nitrogens with one attached hydrogen (secondary N) is 1. The van der Waals surface area contributed by atoms with Gasteiger partial charge in [0.15, 0.2) is 5.82 Å². The van der Waals surface area contributed by atoms with Gasteiger partial charge in [-0.3, -0.25) is 4.68 Å². The molecule has 192 valence electrons. The van der Waals surface area contributed by atoms with E-state index < -0.39 is 0 Å². The molecule has 38 heavy (non-hydrogen) atoms. The largest absolute Gasteiger partial charge is 0.507 e. The quantitative estimate of drug-likeness (QED) is 0.345. The van der Waals surface area contributed by atoms with E-state index in [4.69, 9.17) is 10.7 Å². The van der Waals surface area contributed by atoms with E-state index in [9.17, 15) is 5.11 Å². The lowest BCUT2D eigenvalue weighted by Gasteiger charge is -2.42. The van der Waals surface area contributed by atoms with Gasteiger partial charge in [0.1, 0.15) is 17.4 Å². The number of nitrogen functional groups attached to an aromatic ring is 1. The van der Waals surface area contributed by atoms with Crippen LogP contribution in [0.5, 0.6) is 5.75 Å². The summed E-state index contributed by atoms with van der Waals surface area (Å²) in [6.07, 6.45) is 5.77. The third-order valence-electron chi connectivity index (χ3n) is 6.98. The molecule has 5 heterocycles. The Bertz CT molecular complexity index is 1510. The van der Waals surface area contributed by atoms with Crippen LogP contribution in [0.3, 0.4) is 0 Å². The van der Waals surface area contributed by atoms with E-state index in [0.717, 1.165) is 43.3 Å². The van der Waals surface area contributed by atoms with Gasteiger partial charge in [-0.1, -0.05) is 18.1 Å². The summed E-state index contributed by atoms with van der Waals surface area (Å²) in [4.78, 5) is 13.8. The van der Waals surface area contributed by atoms with Gasteiger partial charge in [-0.05, 0) is 43.0 Å². The smallest absolute Gasteiger partial charge is 0.206 e. The number of rotatable bonds is 5. The number of para-hydroxylation sites is 1. The summed E-state index contributed by atoms with van der Waals surface area (Å²) in [5, 5.41) is 26.2. The first kappa shape index (κ1) is 23.5. The molecule has 11 nitrogen and oxygen atoms in total. The number of phenolic OH excluding ortho intramolecular Hbond substituents is 1. The summed E-state index contributed by atoms with van der Waals surface area (Å²) in [5.41, 5.74) is 8.34. The number of anilines is 4. The maximum absolute atomic E-state index is 10.3. The van der Waals surface area contributed by atoms with Crippen LogP contribution in [0.15, 0.2) is 54.9 Å². The predicted octanol–water partition coefficient (Wildman–Crippen LogP) is 2.28. The summed E-state index contributed by atoms with van der Waals surface area (Å²) < 4.78 is 1.74. The molecule has 2 bridgehead atoms. The van der Waals surface area contributed by atoms with Crippen LogP contribution < -0.4 is 20.9 Å². The Morgan fingerprint density at radius 3 is 2.68 bits per heavy atom. The minimum Gasteiger partial charge on any atom is -0.507 e. The molecule has 2 saturated heterocycles. The van der Waals surface area contributed by atoms with Crippen LogP contribution in [-0.2, 0) is 7.05 Å². The Labute approximate surface area is 220 Å². The fourth-order valence-electron chi connectivity index (χ4n) is 5.26. The monoisotopic (exact) mass is 508 g/mol. The van der Waals surface area contributed by atoms with Crippen molar-refractivity contribution < 1.29 is 5.11 Å². The van der Waals surface area contributed by atoms with Gasteiger partial charge < -0.3 is 26.0 Å². The molecule has 4 N–H and O–H groups in total. The lowest BCUT2D eigenvalue weighted by Crippen LogP contribution is -2.54. The molecule has 1 aromatic carbocycles. The minimum absolute atomic E-state index is 0.164. The second kappa shape index (κ2) is 9.89. The van der Waals surface area contributed by atoms with Crippen molar-refractivity contribution in [1.29, 1.82) is 0 Å². The number of phenols is 1. The van der Waals surface area contributed by atoms with Crippen LogP contribution in [0.1, 0.15) is 18.7 Å². The SMILES string of the molecule is Cn1ccc(NCC#Cc2nccc(N3C4CCC3CN(c3cc(-c5ccccc5O)nnc3N)C4)n2)n1. The average molecular weight is 509 g/mol. The summed E-state index contributed by atoms with van der Waals surface area (Å²) in [7, 11) is 1.87. The number of hydrogen-bond acceptors (Lipinski definition) is 10. The standard InChI is InChI=1S/C27H28N10O/c1-35-14-11-25(34-35)29-12-4-7-24-30-13-10-26(31-24)37-18-8-9-19(37)17-36(16-18)22-15-21(32-33-27(22)28)20-5-2-3-6-23(20)38/h2-3,5-6,10-11,13-15,18-19,38H,8-9,12,16-17H2,1H3,(H2,28,33)(H,29,34). The second-order valence-corrected chi connectivity index (χ2v) is 9.48. The number of piperazine rings is 1. The number of nitrogens with zero attached hydrogens (tertiary/aromatic N) is 8. The molecule has 11 heteroatoms. The molecule has 4 aromatic rings. The number of fused-ring (bicyclic) bond motifs is 2. The maximum atomic E-state index is 10.3. The van der Waals surface area contributed by atoms with Crippen LogP contribution in [0, 0.1) is 11.8 Å². The zero-order chi connectivity index (χ0) is 26.1.